The minimum Gasteiger partial charge on any atom is -0.361 e. The molecule has 24 heavy (non-hydrogen) atoms. The van der Waals surface area contributed by atoms with Gasteiger partial charge in [-0.25, -0.2) is 9.97 Å². The van der Waals surface area contributed by atoms with Crippen LogP contribution in [0, 0.1) is 13.8 Å². The zero-order chi connectivity index (χ0) is 16.7. The summed E-state index contributed by atoms with van der Waals surface area (Å²) in [6.45, 7) is 3.85. The molecule has 5 heteroatoms. The number of anilines is 1. The maximum Gasteiger partial charge on any atom is 0.255 e. The summed E-state index contributed by atoms with van der Waals surface area (Å²) in [6.07, 6.45) is 1.88. The van der Waals surface area contributed by atoms with Gasteiger partial charge in [0.15, 0.2) is 0 Å². The van der Waals surface area contributed by atoms with Crippen molar-refractivity contribution in [2.45, 2.75) is 13.8 Å². The van der Waals surface area contributed by atoms with Gasteiger partial charge in [-0.2, -0.15) is 0 Å². The van der Waals surface area contributed by atoms with Gasteiger partial charge in [0.1, 0.15) is 0 Å². The highest BCUT2D eigenvalue weighted by Gasteiger charge is 2.09. The van der Waals surface area contributed by atoms with E-state index in [0.29, 0.717) is 5.56 Å². The van der Waals surface area contributed by atoms with E-state index in [1.165, 1.54) is 0 Å². The third-order valence-corrected chi connectivity index (χ3v) is 4.15. The molecule has 118 valence electrons. The predicted octanol–water partition coefficient (Wildman–Crippen LogP) is 3.98. The highest BCUT2D eigenvalue weighted by Crippen LogP contribution is 2.19. The molecular weight excluding hydrogens is 300 g/mol. The number of carbonyl (C=O) groups is 1. The van der Waals surface area contributed by atoms with Gasteiger partial charge in [0.25, 0.3) is 5.91 Å². The monoisotopic (exact) mass is 316 g/mol. The molecule has 0 aliphatic rings. The zero-order valence-corrected chi connectivity index (χ0v) is 13.4. The summed E-state index contributed by atoms with van der Waals surface area (Å²) in [5.74, 6) is -0.160. The number of hydrogen-bond acceptors (Lipinski definition) is 3. The van der Waals surface area contributed by atoms with Gasteiger partial charge in [0.05, 0.1) is 22.4 Å². The second-order valence-electron chi connectivity index (χ2n) is 5.83. The van der Waals surface area contributed by atoms with Crippen LogP contribution in [0.1, 0.15) is 21.7 Å². The Hall–Kier alpha value is -3.21. The average Bonchev–Trinajstić information content (AvgIpc) is 3.03. The van der Waals surface area contributed by atoms with Gasteiger partial charge < -0.3 is 10.3 Å². The molecule has 2 heterocycles. The number of H-pyrrole nitrogens is 1. The quantitative estimate of drug-likeness (QED) is 0.587. The first kappa shape index (κ1) is 14.4. The zero-order valence-electron chi connectivity index (χ0n) is 13.4. The molecule has 0 aliphatic heterocycles. The number of aromatic nitrogens is 3. The minimum absolute atomic E-state index is 0.160. The molecular formula is C19H16N4O. The first-order valence-electron chi connectivity index (χ1n) is 7.74. The number of benzene rings is 2. The van der Waals surface area contributed by atoms with Gasteiger partial charge >= 0.3 is 0 Å². The molecule has 0 bridgehead atoms. The molecule has 0 fully saturated rings. The maximum atomic E-state index is 12.5. The second-order valence-corrected chi connectivity index (χ2v) is 5.83. The fourth-order valence-corrected chi connectivity index (χ4v) is 2.71. The Morgan fingerprint density at radius 2 is 1.75 bits per heavy atom. The number of aryl methyl sites for hydroxylation is 2. The SMILES string of the molecule is Cc1nc2ccc(C(=O)Nc3ccc4[nH]ccc4c3)cc2nc1C. The van der Waals surface area contributed by atoms with Crippen LogP contribution in [0.5, 0.6) is 0 Å². The van der Waals surface area contributed by atoms with E-state index < -0.39 is 0 Å². The number of nitrogens with zero attached hydrogens (tertiary/aromatic N) is 2. The Labute approximate surface area is 138 Å². The molecule has 0 spiro atoms. The van der Waals surface area contributed by atoms with Crippen molar-refractivity contribution in [1.82, 2.24) is 15.0 Å². The van der Waals surface area contributed by atoms with Crippen LogP contribution in [0.2, 0.25) is 0 Å². The Kier molecular flexibility index (Phi) is 3.27. The average molecular weight is 316 g/mol. The minimum atomic E-state index is -0.160. The van der Waals surface area contributed by atoms with Crippen LogP contribution in [-0.4, -0.2) is 20.9 Å². The van der Waals surface area contributed by atoms with Crippen molar-refractivity contribution in [3.05, 3.63) is 65.6 Å². The highest BCUT2D eigenvalue weighted by molar-refractivity contribution is 6.06. The third-order valence-electron chi connectivity index (χ3n) is 4.15. The van der Waals surface area contributed by atoms with E-state index in [2.05, 4.69) is 20.3 Å². The molecule has 0 unspecified atom stereocenters. The van der Waals surface area contributed by atoms with Crippen molar-refractivity contribution in [1.29, 1.82) is 0 Å². The molecule has 2 aromatic heterocycles. The summed E-state index contributed by atoms with van der Waals surface area (Å²) in [6, 6.07) is 13.1. The largest absolute Gasteiger partial charge is 0.361 e. The molecule has 0 radical (unpaired) electrons. The van der Waals surface area contributed by atoms with Crippen molar-refractivity contribution < 1.29 is 4.79 Å². The summed E-state index contributed by atoms with van der Waals surface area (Å²) < 4.78 is 0. The molecule has 5 nitrogen and oxygen atoms in total. The van der Waals surface area contributed by atoms with Gasteiger partial charge in [-0.3, -0.25) is 4.79 Å². The van der Waals surface area contributed by atoms with E-state index in [4.69, 9.17) is 0 Å². The van der Waals surface area contributed by atoms with Crippen LogP contribution in [-0.2, 0) is 0 Å². The van der Waals surface area contributed by atoms with Crippen LogP contribution in [0.25, 0.3) is 21.9 Å². The first-order chi connectivity index (χ1) is 11.6. The summed E-state index contributed by atoms with van der Waals surface area (Å²) >= 11 is 0. The first-order valence-corrected chi connectivity index (χ1v) is 7.74. The van der Waals surface area contributed by atoms with E-state index in [-0.39, 0.29) is 5.91 Å². The molecule has 4 rings (SSSR count). The fraction of sp³-hybridized carbons (Fsp3) is 0.105. The fourth-order valence-electron chi connectivity index (χ4n) is 2.71. The number of fused-ring (bicyclic) bond motifs is 2. The maximum absolute atomic E-state index is 12.5. The van der Waals surface area contributed by atoms with Crippen molar-refractivity contribution in [3.8, 4) is 0 Å². The molecule has 0 saturated carbocycles. The van der Waals surface area contributed by atoms with E-state index >= 15 is 0 Å². The number of amides is 1. The second kappa shape index (κ2) is 5.45. The molecule has 2 aromatic carbocycles. The number of hydrogen-bond donors (Lipinski definition) is 2. The number of aromatic amines is 1. The van der Waals surface area contributed by atoms with Crippen LogP contribution in [0.4, 0.5) is 5.69 Å². The van der Waals surface area contributed by atoms with Crippen LogP contribution in [0.3, 0.4) is 0 Å². The number of rotatable bonds is 2. The molecule has 0 saturated heterocycles. The van der Waals surface area contributed by atoms with Gasteiger partial charge in [-0.05, 0) is 56.3 Å². The molecule has 1 amide bonds. The summed E-state index contributed by atoms with van der Waals surface area (Å²) in [5, 5.41) is 3.99. The summed E-state index contributed by atoms with van der Waals surface area (Å²) in [7, 11) is 0. The topological polar surface area (TPSA) is 70.7 Å². The Morgan fingerprint density at radius 1 is 0.958 bits per heavy atom. The van der Waals surface area contributed by atoms with Crippen molar-refractivity contribution in [2.75, 3.05) is 5.32 Å². The summed E-state index contributed by atoms with van der Waals surface area (Å²) in [5.41, 5.74) is 5.67. The number of carbonyl (C=O) groups excluding carboxylic acids is 1. The third kappa shape index (κ3) is 2.50. The van der Waals surface area contributed by atoms with Gasteiger partial charge in [-0.15, -0.1) is 0 Å². The lowest BCUT2D eigenvalue weighted by Gasteiger charge is -2.07. The van der Waals surface area contributed by atoms with Crippen molar-refractivity contribution in [3.63, 3.8) is 0 Å². The lowest BCUT2D eigenvalue weighted by Crippen LogP contribution is -2.12. The number of nitrogens with one attached hydrogen (secondary N) is 2. The molecule has 0 atom stereocenters. The van der Waals surface area contributed by atoms with Crippen molar-refractivity contribution >= 4 is 33.5 Å². The van der Waals surface area contributed by atoms with Crippen LogP contribution in [0.15, 0.2) is 48.7 Å². The lowest BCUT2D eigenvalue weighted by atomic mass is 10.1. The van der Waals surface area contributed by atoms with E-state index in [9.17, 15) is 4.79 Å². The Balaban J connectivity index is 1.65. The van der Waals surface area contributed by atoms with Gasteiger partial charge in [0.2, 0.25) is 0 Å². The van der Waals surface area contributed by atoms with E-state index in [0.717, 1.165) is 39.0 Å². The van der Waals surface area contributed by atoms with E-state index in [1.54, 1.807) is 12.1 Å². The molecule has 4 aromatic rings. The van der Waals surface area contributed by atoms with Crippen LogP contribution < -0.4 is 5.32 Å². The highest BCUT2D eigenvalue weighted by atomic mass is 16.1. The summed E-state index contributed by atoms with van der Waals surface area (Å²) in [4.78, 5) is 24.7. The van der Waals surface area contributed by atoms with Crippen LogP contribution >= 0.6 is 0 Å². The normalized spacial score (nSPS) is 11.1. The smallest absolute Gasteiger partial charge is 0.255 e. The standard InChI is InChI=1S/C19H16N4O/c1-11-12(2)22-18-10-14(3-5-17(18)21-11)19(24)23-15-4-6-16-13(9-15)7-8-20-16/h3-10,20H,1-2H3,(H,23,24). The van der Waals surface area contributed by atoms with Gasteiger partial charge in [-0.1, -0.05) is 0 Å². The molecule has 2 N–H and O–H groups in total. The predicted molar refractivity (Wildman–Crippen MR) is 95.3 cm³/mol. The Bertz CT molecular complexity index is 1080. The lowest BCUT2D eigenvalue weighted by molar-refractivity contribution is 0.102. The Morgan fingerprint density at radius 3 is 2.58 bits per heavy atom. The van der Waals surface area contributed by atoms with E-state index in [1.807, 2.05) is 50.4 Å². The van der Waals surface area contributed by atoms with Gasteiger partial charge in [0, 0.05) is 28.4 Å². The van der Waals surface area contributed by atoms with Crippen molar-refractivity contribution in [2.24, 2.45) is 0 Å². The molecule has 0 aliphatic carbocycles.